The Bertz CT molecular complexity index is 622. The molecule has 0 aliphatic carbocycles. The van der Waals surface area contributed by atoms with Crippen LogP contribution in [-0.4, -0.2) is 36.6 Å². The molecule has 5 heteroatoms. The summed E-state index contributed by atoms with van der Waals surface area (Å²) in [5.41, 5.74) is 2.14. The number of hydrogen-bond donors (Lipinski definition) is 1. The molecule has 1 aromatic rings. The van der Waals surface area contributed by atoms with Crippen molar-refractivity contribution in [1.29, 1.82) is 0 Å². The number of carbonyl (C=O) groups excluding carboxylic acids is 2. The summed E-state index contributed by atoms with van der Waals surface area (Å²) < 4.78 is 5.49. The van der Waals surface area contributed by atoms with Gasteiger partial charge in [0.25, 0.3) is 0 Å². The van der Waals surface area contributed by atoms with Crippen LogP contribution in [0.4, 0.5) is 5.69 Å². The van der Waals surface area contributed by atoms with E-state index in [1.807, 2.05) is 46.8 Å². The van der Waals surface area contributed by atoms with Gasteiger partial charge in [-0.1, -0.05) is 6.07 Å². The first-order valence-corrected chi connectivity index (χ1v) is 9.05. The maximum Gasteiger partial charge on any atom is 0.246 e. The van der Waals surface area contributed by atoms with Crippen LogP contribution in [0.25, 0.3) is 0 Å². The highest BCUT2D eigenvalue weighted by Gasteiger charge is 2.48. The molecule has 0 aromatic heterocycles. The van der Waals surface area contributed by atoms with E-state index in [4.69, 9.17) is 4.74 Å². The molecule has 0 bridgehead atoms. The number of hydrogen-bond acceptors (Lipinski definition) is 3. The molecular weight excluding hydrogens is 316 g/mol. The zero-order valence-electron chi connectivity index (χ0n) is 16.0. The Labute approximate surface area is 150 Å². The van der Waals surface area contributed by atoms with Gasteiger partial charge in [0.2, 0.25) is 11.8 Å². The molecule has 1 atom stereocenters. The molecule has 1 heterocycles. The highest BCUT2D eigenvalue weighted by atomic mass is 16.5. The van der Waals surface area contributed by atoms with Crippen LogP contribution in [0.15, 0.2) is 18.2 Å². The second-order valence-corrected chi connectivity index (χ2v) is 7.38. The van der Waals surface area contributed by atoms with E-state index >= 15 is 0 Å². The minimum atomic E-state index is -0.837. The quantitative estimate of drug-likeness (QED) is 0.772. The second kappa shape index (κ2) is 8.00. The van der Waals surface area contributed by atoms with Crippen molar-refractivity contribution >= 4 is 17.5 Å². The summed E-state index contributed by atoms with van der Waals surface area (Å²) in [7, 11) is 0. The summed E-state index contributed by atoms with van der Waals surface area (Å²) >= 11 is 0. The number of nitrogens with zero attached hydrogens (tertiary/aromatic N) is 1. The van der Waals surface area contributed by atoms with Crippen LogP contribution in [0, 0.1) is 13.8 Å². The number of anilines is 1. The van der Waals surface area contributed by atoms with E-state index in [0.717, 1.165) is 23.2 Å². The van der Waals surface area contributed by atoms with E-state index in [0.29, 0.717) is 26.0 Å². The monoisotopic (exact) mass is 346 g/mol. The van der Waals surface area contributed by atoms with E-state index in [9.17, 15) is 9.59 Å². The van der Waals surface area contributed by atoms with Gasteiger partial charge in [-0.25, -0.2) is 0 Å². The van der Waals surface area contributed by atoms with Crippen molar-refractivity contribution in [3.63, 3.8) is 0 Å². The molecule has 1 fully saturated rings. The Kier molecular flexibility index (Phi) is 6.22. The Morgan fingerprint density at radius 3 is 2.52 bits per heavy atom. The first-order valence-electron chi connectivity index (χ1n) is 9.05. The largest absolute Gasteiger partial charge is 0.379 e. The fourth-order valence-corrected chi connectivity index (χ4v) is 3.36. The highest BCUT2D eigenvalue weighted by molar-refractivity contribution is 6.06. The fraction of sp³-hybridized carbons (Fsp3) is 0.600. The lowest BCUT2D eigenvalue weighted by Crippen LogP contribution is -2.55. The first-order chi connectivity index (χ1) is 11.7. The molecule has 1 aliphatic rings. The van der Waals surface area contributed by atoms with Crippen LogP contribution in [-0.2, 0) is 14.3 Å². The molecule has 1 aromatic carbocycles. The van der Waals surface area contributed by atoms with Crippen molar-refractivity contribution in [2.24, 2.45) is 0 Å². The van der Waals surface area contributed by atoms with E-state index in [1.54, 1.807) is 4.90 Å². The third-order valence-electron chi connectivity index (χ3n) is 4.58. The predicted octanol–water partition coefficient (Wildman–Crippen LogP) is 3.12. The average molecular weight is 346 g/mol. The van der Waals surface area contributed by atoms with Gasteiger partial charge in [0.1, 0.15) is 5.54 Å². The molecule has 0 saturated carbocycles. The molecule has 138 valence electrons. The third kappa shape index (κ3) is 4.60. The van der Waals surface area contributed by atoms with Crippen molar-refractivity contribution in [2.45, 2.75) is 65.5 Å². The molecule has 1 aliphatic heterocycles. The van der Waals surface area contributed by atoms with Gasteiger partial charge in [0.05, 0.1) is 6.10 Å². The average Bonchev–Trinajstić information content (AvgIpc) is 2.82. The lowest BCUT2D eigenvalue weighted by Gasteiger charge is -2.34. The van der Waals surface area contributed by atoms with Crippen LogP contribution < -0.4 is 10.2 Å². The van der Waals surface area contributed by atoms with Crippen LogP contribution in [0.1, 0.15) is 51.2 Å². The summed E-state index contributed by atoms with van der Waals surface area (Å²) in [6, 6.07) is 6.01. The van der Waals surface area contributed by atoms with Crippen molar-refractivity contribution in [2.75, 3.05) is 18.1 Å². The Morgan fingerprint density at radius 2 is 1.92 bits per heavy atom. The van der Waals surface area contributed by atoms with Gasteiger partial charge in [0, 0.05) is 25.3 Å². The van der Waals surface area contributed by atoms with Gasteiger partial charge in [-0.3, -0.25) is 14.5 Å². The van der Waals surface area contributed by atoms with Gasteiger partial charge in [-0.05, 0) is 70.7 Å². The second-order valence-electron chi connectivity index (χ2n) is 7.38. The molecule has 2 amide bonds. The number of aryl methyl sites for hydroxylation is 2. The molecule has 1 N–H and O–H groups in total. The highest BCUT2D eigenvalue weighted by Crippen LogP contribution is 2.36. The lowest BCUT2D eigenvalue weighted by atomic mass is 9.96. The summed E-state index contributed by atoms with van der Waals surface area (Å²) in [5, 5.41) is 2.98. The molecule has 1 saturated heterocycles. The summed E-state index contributed by atoms with van der Waals surface area (Å²) in [5.74, 6) is -0.0900. The maximum absolute atomic E-state index is 12.8. The summed E-state index contributed by atoms with van der Waals surface area (Å²) in [6.45, 7) is 11.0. The van der Waals surface area contributed by atoms with Gasteiger partial charge >= 0.3 is 0 Å². The van der Waals surface area contributed by atoms with Crippen molar-refractivity contribution in [3.05, 3.63) is 29.3 Å². The fourth-order valence-electron chi connectivity index (χ4n) is 3.36. The van der Waals surface area contributed by atoms with E-state index < -0.39 is 5.54 Å². The molecular formula is C20H30N2O3. The minimum absolute atomic E-state index is 0.00536. The summed E-state index contributed by atoms with van der Waals surface area (Å²) in [6.07, 6.45) is 1.89. The standard InChI is InChI=1S/C20H30N2O3/c1-14(2)25-10-6-9-21-19(24)20(5)8-7-18(23)22(20)17-12-15(3)11-16(4)13-17/h11-14H,6-10H2,1-5H3,(H,21,24). The molecule has 2 rings (SSSR count). The number of carbonyl (C=O) groups is 2. The number of nitrogens with one attached hydrogen (secondary N) is 1. The van der Waals surface area contributed by atoms with Gasteiger partial charge in [0.15, 0.2) is 0 Å². The van der Waals surface area contributed by atoms with Gasteiger partial charge in [-0.2, -0.15) is 0 Å². The maximum atomic E-state index is 12.8. The van der Waals surface area contributed by atoms with Crippen molar-refractivity contribution in [1.82, 2.24) is 5.32 Å². The summed E-state index contributed by atoms with van der Waals surface area (Å²) in [4.78, 5) is 27.0. The van der Waals surface area contributed by atoms with Crippen molar-refractivity contribution < 1.29 is 14.3 Å². The topological polar surface area (TPSA) is 58.6 Å². The van der Waals surface area contributed by atoms with Crippen molar-refractivity contribution in [3.8, 4) is 0 Å². The number of ether oxygens (including phenoxy) is 1. The molecule has 1 unspecified atom stereocenters. The zero-order valence-corrected chi connectivity index (χ0v) is 16.0. The molecule has 5 nitrogen and oxygen atoms in total. The Balaban J connectivity index is 2.08. The predicted molar refractivity (Wildman–Crippen MR) is 99.8 cm³/mol. The molecule has 0 radical (unpaired) electrons. The van der Waals surface area contributed by atoms with E-state index in [-0.39, 0.29) is 17.9 Å². The normalized spacial score (nSPS) is 20.4. The third-order valence-corrected chi connectivity index (χ3v) is 4.58. The smallest absolute Gasteiger partial charge is 0.246 e. The van der Waals surface area contributed by atoms with E-state index in [1.165, 1.54) is 0 Å². The Morgan fingerprint density at radius 1 is 1.28 bits per heavy atom. The lowest BCUT2D eigenvalue weighted by molar-refractivity contribution is -0.127. The van der Waals surface area contributed by atoms with Crippen LogP contribution in [0.2, 0.25) is 0 Å². The van der Waals surface area contributed by atoms with Crippen LogP contribution in [0.3, 0.4) is 0 Å². The van der Waals surface area contributed by atoms with E-state index in [2.05, 4.69) is 11.4 Å². The SMILES string of the molecule is Cc1cc(C)cc(N2C(=O)CCC2(C)C(=O)NCCCOC(C)C)c1. The number of rotatable bonds is 7. The number of amides is 2. The Hall–Kier alpha value is -1.88. The number of benzene rings is 1. The van der Waals surface area contributed by atoms with Gasteiger partial charge < -0.3 is 10.1 Å². The zero-order chi connectivity index (χ0) is 18.6. The minimum Gasteiger partial charge on any atom is -0.379 e. The van der Waals surface area contributed by atoms with Crippen LogP contribution >= 0.6 is 0 Å². The van der Waals surface area contributed by atoms with Gasteiger partial charge in [-0.15, -0.1) is 0 Å². The molecule has 25 heavy (non-hydrogen) atoms. The first kappa shape index (κ1) is 19.4. The van der Waals surface area contributed by atoms with Crippen LogP contribution in [0.5, 0.6) is 0 Å². The molecule has 0 spiro atoms.